The van der Waals surface area contributed by atoms with Crippen molar-refractivity contribution in [3.63, 3.8) is 0 Å². The molecule has 0 bridgehead atoms. The van der Waals surface area contributed by atoms with Crippen molar-refractivity contribution in [3.8, 4) is 0 Å². The van der Waals surface area contributed by atoms with E-state index in [1.807, 2.05) is 0 Å². The van der Waals surface area contributed by atoms with E-state index < -0.39 is 6.29 Å². The monoisotopic (exact) mass is 119 g/mol. The van der Waals surface area contributed by atoms with Crippen molar-refractivity contribution >= 4 is 0 Å². The molecule has 3 nitrogen and oxygen atoms in total. The van der Waals surface area contributed by atoms with Gasteiger partial charge in [-0.1, -0.05) is 0 Å². The molecule has 0 rings (SSSR count). The van der Waals surface area contributed by atoms with Crippen LogP contribution in [0.25, 0.3) is 0 Å². The van der Waals surface area contributed by atoms with Gasteiger partial charge >= 0.3 is 0 Å². The first-order chi connectivity index (χ1) is 3.66. The van der Waals surface area contributed by atoms with Crippen molar-refractivity contribution < 1.29 is 15.3 Å². The molecule has 0 fully saturated rings. The Morgan fingerprint density at radius 1 is 1.38 bits per heavy atom. The quantitative estimate of drug-likeness (QED) is 0.423. The molecule has 1 unspecified atom stereocenters. The Morgan fingerprint density at radius 3 is 2.00 bits per heavy atom. The van der Waals surface area contributed by atoms with Crippen LogP contribution in [0.15, 0.2) is 0 Å². The number of aliphatic hydroxyl groups is 3. The maximum absolute atomic E-state index is 8.30. The van der Waals surface area contributed by atoms with E-state index >= 15 is 0 Å². The molecule has 0 saturated heterocycles. The van der Waals surface area contributed by atoms with Crippen LogP contribution in [0, 0.1) is 12.8 Å². The average molecular weight is 119 g/mol. The third-order valence-corrected chi connectivity index (χ3v) is 0.802. The van der Waals surface area contributed by atoms with Crippen molar-refractivity contribution in [1.82, 2.24) is 0 Å². The summed E-state index contributed by atoms with van der Waals surface area (Å²) < 4.78 is 0. The molecule has 1 radical (unpaired) electrons. The first kappa shape index (κ1) is 7.88. The van der Waals surface area contributed by atoms with Crippen LogP contribution in [-0.2, 0) is 0 Å². The third kappa shape index (κ3) is 4.05. The maximum atomic E-state index is 8.30. The Labute approximate surface area is 48.6 Å². The predicted molar refractivity (Wildman–Crippen MR) is 28.8 cm³/mol. The Bertz CT molecular complexity index is 53.6. The molecule has 49 valence electrons. The van der Waals surface area contributed by atoms with E-state index in [1.54, 1.807) is 0 Å². The fraction of sp³-hybridized carbons (Fsp3) is 0.800. The normalized spacial score (nSPS) is 14.6. The van der Waals surface area contributed by atoms with Gasteiger partial charge in [-0.25, -0.2) is 0 Å². The van der Waals surface area contributed by atoms with E-state index in [1.165, 1.54) is 0 Å². The van der Waals surface area contributed by atoms with Crippen molar-refractivity contribution in [2.24, 2.45) is 5.92 Å². The molecule has 0 aromatic rings. The van der Waals surface area contributed by atoms with Gasteiger partial charge < -0.3 is 15.3 Å². The Balaban J connectivity index is 3.10. The third-order valence-electron chi connectivity index (χ3n) is 0.802. The Morgan fingerprint density at radius 2 is 1.88 bits per heavy atom. The largest absolute Gasteiger partial charge is 0.396 e. The summed E-state index contributed by atoms with van der Waals surface area (Å²) in [5, 5.41) is 24.8. The lowest BCUT2D eigenvalue weighted by molar-refractivity contribution is -0.0560. The van der Waals surface area contributed by atoms with Crippen LogP contribution in [0.3, 0.4) is 0 Å². The summed E-state index contributed by atoms with van der Waals surface area (Å²) >= 11 is 0. The standard InChI is InChI=1S/C5H11O3/c1-4(3-6)2-5(7)8/h4-8H,1-3H2. The summed E-state index contributed by atoms with van der Waals surface area (Å²) in [6, 6.07) is 0. The highest BCUT2D eigenvalue weighted by atomic mass is 16.5. The minimum Gasteiger partial charge on any atom is -0.396 e. The zero-order chi connectivity index (χ0) is 6.57. The molecule has 1 atom stereocenters. The molecule has 0 heterocycles. The number of rotatable bonds is 3. The first-order valence-corrected chi connectivity index (χ1v) is 2.47. The molecule has 0 saturated carbocycles. The van der Waals surface area contributed by atoms with Crippen molar-refractivity contribution in [3.05, 3.63) is 6.92 Å². The molecule has 0 aromatic heterocycles. The van der Waals surface area contributed by atoms with E-state index in [0.717, 1.165) is 0 Å². The molecule has 0 aliphatic heterocycles. The Hall–Kier alpha value is -0.120. The second-order valence-electron chi connectivity index (χ2n) is 1.76. The van der Waals surface area contributed by atoms with Crippen LogP contribution >= 0.6 is 0 Å². The number of hydrogen-bond donors (Lipinski definition) is 3. The highest BCUT2D eigenvalue weighted by molar-refractivity contribution is 4.58. The smallest absolute Gasteiger partial charge is 0.151 e. The summed E-state index contributed by atoms with van der Waals surface area (Å²) in [4.78, 5) is 0. The van der Waals surface area contributed by atoms with Crippen LogP contribution in [0.2, 0.25) is 0 Å². The minimum atomic E-state index is -1.34. The summed E-state index contributed by atoms with van der Waals surface area (Å²) in [7, 11) is 0. The van der Waals surface area contributed by atoms with Crippen LogP contribution in [0.1, 0.15) is 6.42 Å². The van der Waals surface area contributed by atoms with Crippen molar-refractivity contribution in [2.45, 2.75) is 12.7 Å². The van der Waals surface area contributed by atoms with Gasteiger partial charge in [0.1, 0.15) is 0 Å². The van der Waals surface area contributed by atoms with E-state index in [2.05, 4.69) is 6.92 Å². The molecular formula is C5H11O3. The van der Waals surface area contributed by atoms with Crippen LogP contribution in [0.4, 0.5) is 0 Å². The molecule has 3 heteroatoms. The van der Waals surface area contributed by atoms with Gasteiger partial charge in [-0.2, -0.15) is 0 Å². The van der Waals surface area contributed by atoms with Crippen molar-refractivity contribution in [1.29, 1.82) is 0 Å². The average Bonchev–Trinajstić information content (AvgIpc) is 1.65. The fourth-order valence-electron chi connectivity index (χ4n) is 0.373. The predicted octanol–water partition coefficient (Wildman–Crippen LogP) is -0.870. The molecule has 0 amide bonds. The highest BCUT2D eigenvalue weighted by Crippen LogP contribution is 2.00. The van der Waals surface area contributed by atoms with Crippen LogP contribution in [-0.4, -0.2) is 28.2 Å². The molecular weight excluding hydrogens is 108 g/mol. The maximum Gasteiger partial charge on any atom is 0.151 e. The Kier molecular flexibility index (Phi) is 3.77. The van der Waals surface area contributed by atoms with E-state index in [0.29, 0.717) is 0 Å². The SMILES string of the molecule is [CH2]C(CO)CC(O)O. The van der Waals surface area contributed by atoms with Gasteiger partial charge in [-0.15, -0.1) is 0 Å². The topological polar surface area (TPSA) is 60.7 Å². The molecule has 0 aliphatic carbocycles. The molecule has 3 N–H and O–H groups in total. The second-order valence-corrected chi connectivity index (χ2v) is 1.76. The van der Waals surface area contributed by atoms with Crippen molar-refractivity contribution in [2.75, 3.05) is 6.61 Å². The zero-order valence-electron chi connectivity index (χ0n) is 4.62. The van der Waals surface area contributed by atoms with E-state index in [9.17, 15) is 0 Å². The van der Waals surface area contributed by atoms with Gasteiger partial charge in [0.2, 0.25) is 0 Å². The summed E-state index contributed by atoms with van der Waals surface area (Å²) in [5.41, 5.74) is 0. The highest BCUT2D eigenvalue weighted by Gasteiger charge is 2.04. The van der Waals surface area contributed by atoms with Crippen LogP contribution < -0.4 is 0 Å². The van der Waals surface area contributed by atoms with E-state index in [-0.39, 0.29) is 18.9 Å². The fourth-order valence-corrected chi connectivity index (χ4v) is 0.373. The minimum absolute atomic E-state index is 0.0996. The lowest BCUT2D eigenvalue weighted by atomic mass is 10.1. The summed E-state index contributed by atoms with van der Waals surface area (Å²) in [6.07, 6.45) is -1.21. The van der Waals surface area contributed by atoms with Crippen LogP contribution in [0.5, 0.6) is 0 Å². The van der Waals surface area contributed by atoms with Gasteiger partial charge in [-0.05, 0) is 12.8 Å². The molecule has 0 aliphatic rings. The van der Waals surface area contributed by atoms with Gasteiger partial charge in [0, 0.05) is 13.0 Å². The van der Waals surface area contributed by atoms with Gasteiger partial charge in [0.05, 0.1) is 0 Å². The van der Waals surface area contributed by atoms with Gasteiger partial charge in [-0.3, -0.25) is 0 Å². The molecule has 0 aromatic carbocycles. The summed E-state index contributed by atoms with van der Waals surface area (Å²) in [5.74, 6) is -0.269. The lowest BCUT2D eigenvalue weighted by Crippen LogP contribution is -2.12. The van der Waals surface area contributed by atoms with Gasteiger partial charge in [0.15, 0.2) is 6.29 Å². The molecule has 0 spiro atoms. The van der Waals surface area contributed by atoms with E-state index in [4.69, 9.17) is 15.3 Å². The summed E-state index contributed by atoms with van der Waals surface area (Å²) in [6.45, 7) is 3.33. The van der Waals surface area contributed by atoms with Gasteiger partial charge in [0.25, 0.3) is 0 Å². The number of aliphatic hydroxyl groups excluding tert-OH is 2. The molecule has 8 heavy (non-hydrogen) atoms. The second kappa shape index (κ2) is 3.83. The zero-order valence-corrected chi connectivity index (χ0v) is 4.62. The first-order valence-electron chi connectivity index (χ1n) is 2.47. The number of hydrogen-bond acceptors (Lipinski definition) is 3. The lowest BCUT2D eigenvalue weighted by Gasteiger charge is -2.07.